The van der Waals surface area contributed by atoms with Gasteiger partial charge in [0.05, 0.1) is 16.8 Å². The number of furan rings is 2. The maximum atomic E-state index is 6.50. The van der Waals surface area contributed by atoms with Gasteiger partial charge in [0.2, 0.25) is 0 Å². The number of benzene rings is 8. The van der Waals surface area contributed by atoms with Crippen LogP contribution in [0.25, 0.3) is 77.3 Å². The van der Waals surface area contributed by atoms with Gasteiger partial charge in [0.15, 0.2) is 0 Å². The van der Waals surface area contributed by atoms with Crippen molar-refractivity contribution in [3.05, 3.63) is 188 Å². The molecule has 0 radical (unpaired) electrons. The predicted molar refractivity (Wildman–Crippen MR) is 212 cm³/mol. The van der Waals surface area contributed by atoms with Gasteiger partial charge in [-0.3, -0.25) is 0 Å². The van der Waals surface area contributed by atoms with Crippen molar-refractivity contribution in [1.29, 1.82) is 0 Å². The van der Waals surface area contributed by atoms with Crippen molar-refractivity contribution < 1.29 is 8.83 Å². The number of hydrogen-bond acceptors (Lipinski definition) is 3. The molecular weight excluding hydrogens is 623 g/mol. The Hall–Kier alpha value is -6.84. The average Bonchev–Trinajstić information content (AvgIpc) is 3.78. The molecule has 0 amide bonds. The molecule has 2 aromatic heterocycles. The van der Waals surface area contributed by atoms with Gasteiger partial charge < -0.3 is 13.7 Å². The van der Waals surface area contributed by atoms with E-state index >= 15 is 0 Å². The molecule has 51 heavy (non-hydrogen) atoms. The Morgan fingerprint density at radius 2 is 0.902 bits per heavy atom. The second kappa shape index (κ2) is 11.9. The van der Waals surface area contributed by atoms with Crippen LogP contribution in [-0.2, 0) is 0 Å². The lowest BCUT2D eigenvalue weighted by atomic mass is 9.97. The maximum absolute atomic E-state index is 6.50. The lowest BCUT2D eigenvalue weighted by molar-refractivity contribution is 0.669. The second-order valence-corrected chi connectivity index (χ2v) is 12.9. The molecule has 0 saturated heterocycles. The lowest BCUT2D eigenvalue weighted by Gasteiger charge is -2.29. The molecule has 0 aliphatic carbocycles. The summed E-state index contributed by atoms with van der Waals surface area (Å²) in [4.78, 5) is 2.38. The summed E-state index contributed by atoms with van der Waals surface area (Å²) >= 11 is 0. The second-order valence-electron chi connectivity index (χ2n) is 12.9. The molecule has 10 aromatic rings. The van der Waals surface area contributed by atoms with E-state index in [1.165, 1.54) is 11.1 Å². The molecule has 2 heterocycles. The first-order valence-electron chi connectivity index (χ1n) is 17.3. The van der Waals surface area contributed by atoms with Crippen LogP contribution in [0.4, 0.5) is 17.1 Å². The molecule has 0 unspecified atom stereocenters. The minimum atomic E-state index is 0.853. The van der Waals surface area contributed by atoms with Crippen LogP contribution < -0.4 is 4.90 Å². The number of nitrogens with zero attached hydrogens (tertiary/aromatic N) is 1. The zero-order valence-electron chi connectivity index (χ0n) is 27.7. The summed E-state index contributed by atoms with van der Waals surface area (Å²) in [5, 5.41) is 4.40. The zero-order valence-corrected chi connectivity index (χ0v) is 27.7. The third-order valence-corrected chi connectivity index (χ3v) is 9.89. The van der Waals surface area contributed by atoms with Gasteiger partial charge >= 0.3 is 0 Å². The van der Waals surface area contributed by atoms with Gasteiger partial charge in [0.1, 0.15) is 22.3 Å². The molecule has 0 fully saturated rings. The molecule has 0 N–H and O–H groups in total. The van der Waals surface area contributed by atoms with E-state index in [9.17, 15) is 0 Å². The van der Waals surface area contributed by atoms with E-state index in [1.807, 2.05) is 24.3 Å². The Labute approximate surface area is 295 Å². The van der Waals surface area contributed by atoms with E-state index < -0.39 is 0 Å². The summed E-state index contributed by atoms with van der Waals surface area (Å²) in [5.41, 5.74) is 13.5. The molecule has 3 heteroatoms. The fraction of sp³-hybridized carbons (Fsp3) is 0. The van der Waals surface area contributed by atoms with E-state index in [-0.39, 0.29) is 0 Å². The Kier molecular flexibility index (Phi) is 6.81. The Morgan fingerprint density at radius 1 is 0.333 bits per heavy atom. The van der Waals surface area contributed by atoms with Crippen LogP contribution in [0.15, 0.2) is 197 Å². The van der Waals surface area contributed by atoms with Gasteiger partial charge in [-0.1, -0.05) is 146 Å². The summed E-state index contributed by atoms with van der Waals surface area (Å²) < 4.78 is 12.9. The minimum absolute atomic E-state index is 0.853. The van der Waals surface area contributed by atoms with Gasteiger partial charge in [0, 0.05) is 33.0 Å². The van der Waals surface area contributed by atoms with Crippen LogP contribution in [0.1, 0.15) is 0 Å². The number of hydrogen-bond donors (Lipinski definition) is 0. The third-order valence-electron chi connectivity index (χ3n) is 9.89. The van der Waals surface area contributed by atoms with Crippen LogP contribution in [0.3, 0.4) is 0 Å². The van der Waals surface area contributed by atoms with Crippen molar-refractivity contribution >= 4 is 60.9 Å². The standard InChI is InChI=1S/C48H31NO2/c1-2-13-32(14-3-1)33-27-29-34(30-28-33)37-17-4-7-22-42(37)49(43-23-12-26-46-47(43)41-19-6-9-25-45(41)50-46)36-16-10-15-35(31-36)38-20-11-21-40-39-18-5-8-24-44(39)51-48(38)40/h1-31H. The molecule has 0 atom stereocenters. The van der Waals surface area contributed by atoms with Crippen molar-refractivity contribution in [3.63, 3.8) is 0 Å². The lowest BCUT2D eigenvalue weighted by Crippen LogP contribution is -2.11. The average molecular weight is 654 g/mol. The molecule has 0 aliphatic rings. The maximum Gasteiger partial charge on any atom is 0.143 e. The minimum Gasteiger partial charge on any atom is -0.456 e. The Morgan fingerprint density at radius 3 is 1.76 bits per heavy atom. The summed E-state index contributed by atoms with van der Waals surface area (Å²) in [5.74, 6) is 0. The highest BCUT2D eigenvalue weighted by molar-refractivity contribution is 6.14. The predicted octanol–water partition coefficient (Wildman–Crippen LogP) is 14.0. The summed E-state index contributed by atoms with van der Waals surface area (Å²) in [6, 6.07) is 66.2. The van der Waals surface area contributed by atoms with Crippen LogP contribution >= 0.6 is 0 Å². The molecule has 10 rings (SSSR count). The quantitative estimate of drug-likeness (QED) is 0.179. The van der Waals surface area contributed by atoms with Gasteiger partial charge in [-0.2, -0.15) is 0 Å². The number of fused-ring (bicyclic) bond motifs is 6. The molecule has 0 aliphatic heterocycles. The fourth-order valence-corrected chi connectivity index (χ4v) is 7.52. The highest BCUT2D eigenvalue weighted by atomic mass is 16.3. The largest absolute Gasteiger partial charge is 0.456 e. The van der Waals surface area contributed by atoms with E-state index in [0.717, 1.165) is 83.2 Å². The molecule has 0 bridgehead atoms. The van der Waals surface area contributed by atoms with Crippen LogP contribution in [0.5, 0.6) is 0 Å². The SMILES string of the molecule is c1ccc(-c2ccc(-c3ccccc3N(c3cccc(-c4cccc5c4oc4ccccc45)c3)c3cccc4oc5ccccc5c34)cc2)cc1. The first-order valence-corrected chi connectivity index (χ1v) is 17.3. The highest BCUT2D eigenvalue weighted by Crippen LogP contribution is 2.47. The summed E-state index contributed by atoms with van der Waals surface area (Å²) in [7, 11) is 0. The van der Waals surface area contributed by atoms with Crippen molar-refractivity contribution in [2.75, 3.05) is 4.90 Å². The molecular formula is C48H31NO2. The Bertz CT molecular complexity index is 2860. The van der Waals surface area contributed by atoms with Crippen LogP contribution in [0.2, 0.25) is 0 Å². The summed E-state index contributed by atoms with van der Waals surface area (Å²) in [6.45, 7) is 0. The fourth-order valence-electron chi connectivity index (χ4n) is 7.52. The van der Waals surface area contributed by atoms with Crippen molar-refractivity contribution in [3.8, 4) is 33.4 Å². The highest BCUT2D eigenvalue weighted by Gasteiger charge is 2.23. The monoisotopic (exact) mass is 653 g/mol. The molecule has 8 aromatic carbocycles. The molecule has 3 nitrogen and oxygen atoms in total. The van der Waals surface area contributed by atoms with Crippen molar-refractivity contribution in [2.45, 2.75) is 0 Å². The van der Waals surface area contributed by atoms with Crippen molar-refractivity contribution in [1.82, 2.24) is 0 Å². The third kappa shape index (κ3) is 4.90. The van der Waals surface area contributed by atoms with Gasteiger partial charge in [-0.15, -0.1) is 0 Å². The van der Waals surface area contributed by atoms with E-state index in [0.29, 0.717) is 0 Å². The molecule has 240 valence electrons. The van der Waals surface area contributed by atoms with Crippen LogP contribution in [0, 0.1) is 0 Å². The van der Waals surface area contributed by atoms with Crippen molar-refractivity contribution in [2.24, 2.45) is 0 Å². The van der Waals surface area contributed by atoms with Gasteiger partial charge in [0.25, 0.3) is 0 Å². The number of rotatable bonds is 6. The molecule has 0 spiro atoms. The van der Waals surface area contributed by atoms with E-state index in [4.69, 9.17) is 8.83 Å². The van der Waals surface area contributed by atoms with E-state index in [2.05, 4.69) is 169 Å². The number of para-hydroxylation sites is 4. The van der Waals surface area contributed by atoms with E-state index in [1.54, 1.807) is 0 Å². The normalized spacial score (nSPS) is 11.5. The topological polar surface area (TPSA) is 29.5 Å². The summed E-state index contributed by atoms with van der Waals surface area (Å²) in [6.07, 6.45) is 0. The first-order chi connectivity index (χ1) is 25.3. The zero-order chi connectivity index (χ0) is 33.7. The smallest absolute Gasteiger partial charge is 0.143 e. The number of anilines is 3. The van der Waals surface area contributed by atoms with Gasteiger partial charge in [-0.05, 0) is 64.7 Å². The molecule has 0 saturated carbocycles. The Balaban J connectivity index is 1.19. The van der Waals surface area contributed by atoms with Gasteiger partial charge in [-0.25, -0.2) is 0 Å². The van der Waals surface area contributed by atoms with Crippen LogP contribution in [-0.4, -0.2) is 0 Å². The first kappa shape index (κ1) is 29.1.